The number of hydrogen-bond donors (Lipinski definition) is 0. The summed E-state index contributed by atoms with van der Waals surface area (Å²) in [5.41, 5.74) is 3.09. The molecule has 0 amide bonds. The first-order valence-corrected chi connectivity index (χ1v) is 24.0. The number of ketones is 2. The Hall–Kier alpha value is -4.94. The molecule has 0 aliphatic heterocycles. The Kier molecular flexibility index (Phi) is 15.2. The number of ether oxygens (including phenoxy) is 2. The van der Waals surface area contributed by atoms with Gasteiger partial charge in [-0.1, -0.05) is 178 Å². The molecule has 0 saturated heterocycles. The molecule has 0 saturated carbocycles. The molecule has 64 heavy (non-hydrogen) atoms. The molecule has 330 valence electrons. The van der Waals surface area contributed by atoms with Crippen LogP contribution in [0.4, 0.5) is 0 Å². The van der Waals surface area contributed by atoms with E-state index < -0.39 is 34.0 Å². The number of halogens is 2. The molecule has 6 nitrogen and oxygen atoms in total. The van der Waals surface area contributed by atoms with E-state index in [1.807, 2.05) is 163 Å². The highest BCUT2D eigenvalue weighted by atomic mass is 127. The Morgan fingerprint density at radius 2 is 0.672 bits per heavy atom. The standard InChI is InChI=1S/2C25H21IO3.C6H14/c2*1-24(2,3)23(28)25(29-22(27)16-12-14-17(26)15-13-16)20-10-6-4-8-18(20)19-9-5-7-11-21(19)25;1-3-5-6-4-2/h2*4-15H,1-3H3;3-6H2,1-2H3. The molecule has 8 heteroatoms. The van der Waals surface area contributed by atoms with Crippen LogP contribution in [0.25, 0.3) is 22.3 Å². The number of fused-ring (bicyclic) bond motifs is 6. The maximum atomic E-state index is 13.9. The van der Waals surface area contributed by atoms with Gasteiger partial charge in [-0.15, -0.1) is 0 Å². The van der Waals surface area contributed by atoms with Gasteiger partial charge in [0.2, 0.25) is 11.2 Å². The van der Waals surface area contributed by atoms with Gasteiger partial charge in [0.05, 0.1) is 11.1 Å². The summed E-state index contributed by atoms with van der Waals surface area (Å²) in [6.45, 7) is 15.6. The number of Topliss-reactive ketones (excluding diaryl/α,β-unsaturated/α-hetero) is 2. The Bertz CT molecular complexity index is 2370. The van der Waals surface area contributed by atoms with Gasteiger partial charge < -0.3 is 9.47 Å². The van der Waals surface area contributed by atoms with Crippen LogP contribution in [0.1, 0.15) is 124 Å². The van der Waals surface area contributed by atoms with Gasteiger partial charge in [0.25, 0.3) is 0 Å². The Labute approximate surface area is 405 Å². The molecule has 2 aliphatic rings. The lowest BCUT2D eigenvalue weighted by atomic mass is 9.75. The van der Waals surface area contributed by atoms with Gasteiger partial charge in [-0.2, -0.15) is 0 Å². The zero-order valence-electron chi connectivity index (χ0n) is 37.9. The van der Waals surface area contributed by atoms with Crippen LogP contribution in [0.2, 0.25) is 0 Å². The lowest BCUT2D eigenvalue weighted by Gasteiger charge is -2.35. The van der Waals surface area contributed by atoms with Crippen molar-refractivity contribution in [1.29, 1.82) is 0 Å². The fraction of sp³-hybridized carbons (Fsp3) is 0.286. The molecule has 0 spiro atoms. The predicted molar refractivity (Wildman–Crippen MR) is 273 cm³/mol. The van der Waals surface area contributed by atoms with Gasteiger partial charge >= 0.3 is 11.9 Å². The second kappa shape index (κ2) is 20.1. The zero-order valence-corrected chi connectivity index (χ0v) is 42.2. The second-order valence-electron chi connectivity index (χ2n) is 18.2. The topological polar surface area (TPSA) is 86.7 Å². The van der Waals surface area contributed by atoms with E-state index >= 15 is 0 Å². The molecule has 0 bridgehead atoms. The summed E-state index contributed by atoms with van der Waals surface area (Å²) >= 11 is 4.38. The lowest BCUT2D eigenvalue weighted by molar-refractivity contribution is -0.143. The van der Waals surface area contributed by atoms with Crippen LogP contribution in [0.15, 0.2) is 146 Å². The summed E-state index contributed by atoms with van der Waals surface area (Å²) < 4.78 is 14.4. The normalized spacial score (nSPS) is 13.6. The van der Waals surface area contributed by atoms with Crippen molar-refractivity contribution in [2.24, 2.45) is 10.8 Å². The van der Waals surface area contributed by atoms with E-state index in [1.54, 1.807) is 24.3 Å². The molecule has 0 fully saturated rings. The average molecular weight is 1080 g/mol. The Balaban J connectivity index is 0.000000189. The van der Waals surface area contributed by atoms with Gasteiger partial charge in [0.15, 0.2) is 11.6 Å². The summed E-state index contributed by atoms with van der Waals surface area (Å²) in [6, 6.07) is 45.1. The van der Waals surface area contributed by atoms with E-state index in [4.69, 9.17) is 9.47 Å². The van der Waals surface area contributed by atoms with Crippen molar-refractivity contribution in [2.45, 2.75) is 92.3 Å². The highest BCUT2D eigenvalue weighted by Gasteiger charge is 2.57. The van der Waals surface area contributed by atoms with Crippen molar-refractivity contribution >= 4 is 68.7 Å². The highest BCUT2D eigenvalue weighted by molar-refractivity contribution is 14.1. The first kappa shape index (κ1) is 48.5. The molecule has 6 aromatic carbocycles. The fourth-order valence-electron chi connectivity index (χ4n) is 8.32. The maximum Gasteiger partial charge on any atom is 0.339 e. The monoisotopic (exact) mass is 1080 g/mol. The van der Waals surface area contributed by atoms with Crippen LogP contribution >= 0.6 is 45.2 Å². The number of carbonyl (C=O) groups excluding carboxylic acids is 4. The molecule has 0 unspecified atom stereocenters. The van der Waals surface area contributed by atoms with Crippen LogP contribution in [0, 0.1) is 18.0 Å². The first-order chi connectivity index (χ1) is 30.4. The number of esters is 2. The van der Waals surface area contributed by atoms with Gasteiger partial charge in [-0.3, -0.25) is 9.59 Å². The van der Waals surface area contributed by atoms with E-state index in [1.165, 1.54) is 25.7 Å². The molecule has 0 N–H and O–H groups in total. The number of unbranched alkanes of at least 4 members (excludes halogenated alkanes) is 3. The number of hydrogen-bond acceptors (Lipinski definition) is 6. The first-order valence-electron chi connectivity index (χ1n) is 21.9. The third-order valence-corrected chi connectivity index (χ3v) is 12.9. The summed E-state index contributed by atoms with van der Waals surface area (Å²) in [7, 11) is 0. The van der Waals surface area contributed by atoms with E-state index in [2.05, 4.69) is 59.0 Å². The molecule has 6 aromatic rings. The zero-order chi connectivity index (χ0) is 46.5. The van der Waals surface area contributed by atoms with Crippen molar-refractivity contribution in [3.63, 3.8) is 0 Å². The van der Waals surface area contributed by atoms with E-state index in [0.29, 0.717) is 11.1 Å². The molecular weight excluding hydrogens is 1020 g/mol. The number of benzene rings is 6. The molecule has 0 atom stereocenters. The minimum atomic E-state index is -1.47. The summed E-state index contributed by atoms with van der Waals surface area (Å²) in [5.74, 6) is -1.29. The van der Waals surface area contributed by atoms with Gasteiger partial charge in [-0.25, -0.2) is 9.59 Å². The molecule has 0 radical (unpaired) electrons. The van der Waals surface area contributed by atoms with Crippen LogP contribution in [0.3, 0.4) is 0 Å². The van der Waals surface area contributed by atoms with E-state index in [-0.39, 0.29) is 11.6 Å². The molecule has 0 aromatic heterocycles. The summed E-state index contributed by atoms with van der Waals surface area (Å²) in [4.78, 5) is 54.1. The SMILES string of the molecule is CC(C)(C)C(=O)C1(OC(=O)c2ccc(I)cc2)c2ccccc2-c2ccccc21.CC(C)(C)C(=O)C1(OC(=O)c2ccc(I)cc2)c2ccccc2-c2ccccc21.CCCCCC. The second-order valence-corrected chi connectivity index (χ2v) is 20.7. The summed E-state index contributed by atoms with van der Waals surface area (Å²) in [6.07, 6.45) is 5.54. The molecule has 0 heterocycles. The maximum absolute atomic E-state index is 13.9. The average Bonchev–Trinajstić information content (AvgIpc) is 3.73. The molecule has 8 rings (SSSR count). The quantitative estimate of drug-likeness (QED) is 0.0814. The van der Waals surface area contributed by atoms with Gasteiger partial charge in [-0.05, 0) is 116 Å². The smallest absolute Gasteiger partial charge is 0.339 e. The van der Waals surface area contributed by atoms with Crippen LogP contribution < -0.4 is 0 Å². The van der Waals surface area contributed by atoms with E-state index in [0.717, 1.165) is 51.6 Å². The number of rotatable bonds is 9. The third-order valence-electron chi connectivity index (χ3n) is 11.4. The Morgan fingerprint density at radius 3 is 0.906 bits per heavy atom. The largest absolute Gasteiger partial charge is 0.437 e. The van der Waals surface area contributed by atoms with Crippen molar-refractivity contribution in [3.8, 4) is 22.3 Å². The van der Waals surface area contributed by atoms with Crippen molar-refractivity contribution in [1.82, 2.24) is 0 Å². The fourth-order valence-corrected chi connectivity index (χ4v) is 9.04. The number of carbonyl (C=O) groups is 4. The van der Waals surface area contributed by atoms with E-state index in [9.17, 15) is 19.2 Å². The van der Waals surface area contributed by atoms with Crippen LogP contribution in [-0.4, -0.2) is 23.5 Å². The minimum Gasteiger partial charge on any atom is -0.437 e. The summed E-state index contributed by atoms with van der Waals surface area (Å²) in [5, 5.41) is 0. The highest BCUT2D eigenvalue weighted by Crippen LogP contribution is 2.54. The third kappa shape index (κ3) is 9.69. The molecule has 2 aliphatic carbocycles. The van der Waals surface area contributed by atoms with Crippen molar-refractivity contribution in [3.05, 3.63) is 186 Å². The lowest BCUT2D eigenvalue weighted by Crippen LogP contribution is -2.46. The van der Waals surface area contributed by atoms with Gasteiger partial charge in [0.1, 0.15) is 0 Å². The van der Waals surface area contributed by atoms with Crippen molar-refractivity contribution in [2.75, 3.05) is 0 Å². The van der Waals surface area contributed by atoms with Crippen LogP contribution in [-0.2, 0) is 30.3 Å². The van der Waals surface area contributed by atoms with Crippen molar-refractivity contribution < 1.29 is 28.7 Å². The van der Waals surface area contributed by atoms with Crippen LogP contribution in [0.5, 0.6) is 0 Å². The predicted octanol–water partition coefficient (Wildman–Crippen LogP) is 14.6. The Morgan fingerprint density at radius 1 is 0.422 bits per heavy atom. The molecular formula is C56H56I2O6. The minimum absolute atomic E-state index is 0.138. The van der Waals surface area contributed by atoms with Gasteiger partial charge in [0, 0.05) is 40.2 Å².